The molecule has 0 unspecified atom stereocenters. The Kier molecular flexibility index (Phi) is 1.47. The zero-order chi connectivity index (χ0) is 6.85. The zero-order valence-electron chi connectivity index (χ0n) is 5.68. The lowest BCUT2D eigenvalue weighted by Crippen LogP contribution is -1.99. The average molecular weight is 120 g/mol. The van der Waals surface area contributed by atoms with E-state index in [2.05, 4.69) is 0 Å². The van der Waals surface area contributed by atoms with Crippen LogP contribution in [-0.2, 0) is 0 Å². The molecule has 1 rings (SSSR count). The van der Waals surface area contributed by atoms with Crippen molar-refractivity contribution in [3.05, 3.63) is 23.8 Å². The minimum absolute atomic E-state index is 0.384. The van der Waals surface area contributed by atoms with E-state index in [1.54, 1.807) is 6.07 Å². The summed E-state index contributed by atoms with van der Waals surface area (Å²) in [4.78, 5) is 0. The Labute approximate surface area is 55.7 Å². The predicted molar refractivity (Wildman–Crippen MR) is 41.0 cm³/mol. The van der Waals surface area contributed by atoms with Crippen molar-refractivity contribution in [3.8, 4) is 5.75 Å². The molecule has 9 heavy (non-hydrogen) atoms. The summed E-state index contributed by atoms with van der Waals surface area (Å²) in [5.41, 5.74) is 2.03. The van der Waals surface area contributed by atoms with Crippen molar-refractivity contribution in [1.29, 1.82) is 0 Å². The number of rotatable bonds is 0. The average Bonchev–Trinajstić information content (AvgIpc) is 1.80. The van der Waals surface area contributed by atoms with Gasteiger partial charge in [0, 0.05) is 0 Å². The van der Waals surface area contributed by atoms with Gasteiger partial charge in [0.1, 0.15) is 13.6 Å². The van der Waals surface area contributed by atoms with E-state index in [4.69, 9.17) is 5.11 Å². The number of aromatic hydroxyl groups is 1. The Hall–Kier alpha value is -0.915. The fourth-order valence-electron chi connectivity index (χ4n) is 0.719. The second-order valence-electron chi connectivity index (χ2n) is 2.29. The fraction of sp³-hybridized carbons (Fsp3) is 0.143. The van der Waals surface area contributed by atoms with Gasteiger partial charge in [-0.3, -0.25) is 0 Å². The summed E-state index contributed by atoms with van der Waals surface area (Å²) in [5.74, 6) is 0.384. The van der Waals surface area contributed by atoms with Crippen LogP contribution in [0.1, 0.15) is 5.56 Å². The maximum Gasteiger partial charge on any atom is 0.139 e. The van der Waals surface area contributed by atoms with E-state index in [1.165, 1.54) is 0 Å². The molecular formula is C7H9BO. The number of benzene rings is 1. The van der Waals surface area contributed by atoms with Crippen molar-refractivity contribution < 1.29 is 5.11 Å². The standard InChI is InChI=1S/C7H9BO/c1-5-2-3-6(8)4-7(5)9/h2-4,9H,8H2,1H3. The van der Waals surface area contributed by atoms with Gasteiger partial charge in [0.05, 0.1) is 0 Å². The van der Waals surface area contributed by atoms with Gasteiger partial charge in [-0.2, -0.15) is 0 Å². The lowest BCUT2D eigenvalue weighted by Gasteiger charge is -1.97. The Balaban J connectivity index is 3.17. The Bertz CT molecular complexity index is 220. The Morgan fingerprint density at radius 1 is 1.44 bits per heavy atom. The topological polar surface area (TPSA) is 20.2 Å². The summed E-state index contributed by atoms with van der Waals surface area (Å²) < 4.78 is 0. The first-order chi connectivity index (χ1) is 4.20. The molecule has 0 atom stereocenters. The molecule has 1 aromatic rings. The smallest absolute Gasteiger partial charge is 0.139 e. The summed E-state index contributed by atoms with van der Waals surface area (Å²) in [6.45, 7) is 1.88. The van der Waals surface area contributed by atoms with Gasteiger partial charge in [-0.15, -0.1) is 0 Å². The van der Waals surface area contributed by atoms with Crippen LogP contribution in [-0.4, -0.2) is 13.0 Å². The molecule has 46 valence electrons. The third-order valence-electron chi connectivity index (χ3n) is 1.36. The summed E-state index contributed by atoms with van der Waals surface area (Å²) in [7, 11) is 1.96. The normalized spacial score (nSPS) is 9.44. The van der Waals surface area contributed by atoms with E-state index in [-0.39, 0.29) is 0 Å². The maximum absolute atomic E-state index is 9.10. The van der Waals surface area contributed by atoms with Crippen LogP contribution in [0.2, 0.25) is 0 Å². The van der Waals surface area contributed by atoms with Crippen LogP contribution in [0.4, 0.5) is 0 Å². The third-order valence-corrected chi connectivity index (χ3v) is 1.36. The molecule has 1 N–H and O–H groups in total. The first-order valence-corrected chi connectivity index (χ1v) is 2.96. The van der Waals surface area contributed by atoms with Crippen molar-refractivity contribution in [2.45, 2.75) is 6.92 Å². The van der Waals surface area contributed by atoms with Gasteiger partial charge in [-0.25, -0.2) is 0 Å². The molecule has 0 heterocycles. The van der Waals surface area contributed by atoms with Crippen LogP contribution in [0.5, 0.6) is 5.75 Å². The highest BCUT2D eigenvalue weighted by atomic mass is 16.3. The van der Waals surface area contributed by atoms with Gasteiger partial charge >= 0.3 is 0 Å². The summed E-state index contributed by atoms with van der Waals surface area (Å²) in [6, 6.07) is 5.65. The van der Waals surface area contributed by atoms with Gasteiger partial charge in [0.15, 0.2) is 0 Å². The quantitative estimate of drug-likeness (QED) is 0.476. The molecular weight excluding hydrogens is 111 g/mol. The van der Waals surface area contributed by atoms with Gasteiger partial charge < -0.3 is 5.11 Å². The van der Waals surface area contributed by atoms with Gasteiger partial charge in [0.2, 0.25) is 0 Å². The SMILES string of the molecule is Bc1ccc(C)c(O)c1. The number of hydrogen-bond donors (Lipinski definition) is 1. The monoisotopic (exact) mass is 120 g/mol. The molecule has 0 amide bonds. The second kappa shape index (κ2) is 2.13. The second-order valence-corrected chi connectivity index (χ2v) is 2.29. The molecule has 0 bridgehead atoms. The van der Waals surface area contributed by atoms with E-state index in [1.807, 2.05) is 26.9 Å². The van der Waals surface area contributed by atoms with Crippen molar-refractivity contribution in [1.82, 2.24) is 0 Å². The van der Waals surface area contributed by atoms with Crippen molar-refractivity contribution >= 4 is 13.3 Å². The number of hydrogen-bond acceptors (Lipinski definition) is 1. The lowest BCUT2D eigenvalue weighted by molar-refractivity contribution is 0.471. The van der Waals surface area contributed by atoms with E-state index < -0.39 is 0 Å². The van der Waals surface area contributed by atoms with Gasteiger partial charge in [-0.05, 0) is 18.6 Å². The molecule has 0 aromatic heterocycles. The third kappa shape index (κ3) is 1.25. The fourth-order valence-corrected chi connectivity index (χ4v) is 0.719. The highest BCUT2D eigenvalue weighted by Crippen LogP contribution is 2.10. The summed E-state index contributed by atoms with van der Waals surface area (Å²) >= 11 is 0. The molecule has 0 aliphatic carbocycles. The highest BCUT2D eigenvalue weighted by Gasteiger charge is 1.91. The maximum atomic E-state index is 9.10. The van der Waals surface area contributed by atoms with E-state index in [0.29, 0.717) is 5.75 Å². The van der Waals surface area contributed by atoms with Gasteiger partial charge in [-0.1, -0.05) is 17.6 Å². The van der Waals surface area contributed by atoms with Crippen molar-refractivity contribution in [3.63, 3.8) is 0 Å². The van der Waals surface area contributed by atoms with Crippen molar-refractivity contribution in [2.24, 2.45) is 0 Å². The molecule has 0 spiro atoms. The van der Waals surface area contributed by atoms with Crippen LogP contribution in [0.25, 0.3) is 0 Å². The molecule has 0 aliphatic heterocycles. The largest absolute Gasteiger partial charge is 0.508 e. The molecule has 0 saturated carbocycles. The van der Waals surface area contributed by atoms with E-state index >= 15 is 0 Å². The molecule has 1 nitrogen and oxygen atoms in total. The molecule has 0 saturated heterocycles. The predicted octanol–water partition coefficient (Wildman–Crippen LogP) is -0.0410. The minimum atomic E-state index is 0.384. The van der Waals surface area contributed by atoms with Crippen LogP contribution in [0.3, 0.4) is 0 Å². The van der Waals surface area contributed by atoms with Crippen LogP contribution >= 0.6 is 0 Å². The van der Waals surface area contributed by atoms with Crippen LogP contribution < -0.4 is 5.46 Å². The van der Waals surface area contributed by atoms with Crippen LogP contribution in [0.15, 0.2) is 18.2 Å². The van der Waals surface area contributed by atoms with Crippen LogP contribution in [0, 0.1) is 6.92 Å². The Morgan fingerprint density at radius 2 is 2.11 bits per heavy atom. The van der Waals surface area contributed by atoms with Gasteiger partial charge in [0.25, 0.3) is 0 Å². The number of phenols is 1. The van der Waals surface area contributed by atoms with E-state index in [9.17, 15) is 0 Å². The Morgan fingerprint density at radius 3 is 2.56 bits per heavy atom. The summed E-state index contributed by atoms with van der Waals surface area (Å²) in [5, 5.41) is 9.10. The summed E-state index contributed by atoms with van der Waals surface area (Å²) in [6.07, 6.45) is 0. The molecule has 2 heteroatoms. The molecule has 1 aromatic carbocycles. The first-order valence-electron chi connectivity index (χ1n) is 2.96. The minimum Gasteiger partial charge on any atom is -0.508 e. The number of aryl methyl sites for hydroxylation is 1. The van der Waals surface area contributed by atoms with E-state index in [0.717, 1.165) is 11.0 Å². The zero-order valence-corrected chi connectivity index (χ0v) is 5.68. The number of phenolic OH excluding ortho intramolecular Hbond substituents is 1. The lowest BCUT2D eigenvalue weighted by atomic mass is 9.95. The molecule has 0 radical (unpaired) electrons. The molecule has 0 aliphatic rings. The first kappa shape index (κ1) is 6.21. The molecule has 0 fully saturated rings. The van der Waals surface area contributed by atoms with Crippen molar-refractivity contribution in [2.75, 3.05) is 0 Å². The highest BCUT2D eigenvalue weighted by molar-refractivity contribution is 6.32.